The fourth-order valence-corrected chi connectivity index (χ4v) is 7.20. The minimum absolute atomic E-state index is 0.0142. The van der Waals surface area contributed by atoms with Crippen molar-refractivity contribution in [3.05, 3.63) is 81.1 Å². The van der Waals surface area contributed by atoms with Crippen LogP contribution in [0.4, 0.5) is 19.0 Å². The van der Waals surface area contributed by atoms with Crippen molar-refractivity contribution in [1.82, 2.24) is 9.99 Å². The van der Waals surface area contributed by atoms with Crippen LogP contribution in [0.25, 0.3) is 0 Å². The summed E-state index contributed by atoms with van der Waals surface area (Å²) in [4.78, 5) is 58.4. The number of hydrogen-bond donors (Lipinski definition) is 1. The average Bonchev–Trinajstić information content (AvgIpc) is 3.25. The minimum Gasteiger partial charge on any atom is -0.504 e. The van der Waals surface area contributed by atoms with Gasteiger partial charge in [0.05, 0.1) is 23.5 Å². The van der Waals surface area contributed by atoms with Gasteiger partial charge in [0.2, 0.25) is 0 Å². The van der Waals surface area contributed by atoms with Crippen molar-refractivity contribution < 1.29 is 42.2 Å². The third kappa shape index (κ3) is 4.73. The van der Waals surface area contributed by atoms with Crippen LogP contribution in [-0.4, -0.2) is 52.1 Å². The molecule has 234 valence electrons. The van der Waals surface area contributed by atoms with Crippen LogP contribution in [0.2, 0.25) is 5.02 Å². The highest BCUT2D eigenvalue weighted by atomic mass is 35.5. The number of nitrogens with zero attached hydrogens (tertiary/aromatic N) is 3. The first-order chi connectivity index (χ1) is 21.3. The fourth-order valence-electron chi connectivity index (χ4n) is 6.97. The summed E-state index contributed by atoms with van der Waals surface area (Å²) in [5.74, 6) is -6.13. The second kappa shape index (κ2) is 10.9. The standard InChI is InChI=1S/C32H27ClF3N3O6/c1-4-45-22-7-5-6-16(28(22)42)24-15-8-9-17-25(18(15)13-19-26(24)21(40)12-14(2)27(19)41)31(44)39(30(17)43)38(3)29-20(33)10-11-23(37-29)32(34,35)36/h5-8,10-12,17-18,24-25,42H,4,9,13H2,1-3H3. The zero-order chi connectivity index (χ0) is 32.5. The highest BCUT2D eigenvalue weighted by Gasteiger charge is 2.58. The lowest BCUT2D eigenvalue weighted by Gasteiger charge is -2.42. The molecule has 2 heterocycles. The van der Waals surface area contributed by atoms with Gasteiger partial charge in [0.1, 0.15) is 5.69 Å². The second-order valence-corrected chi connectivity index (χ2v) is 11.8. The quantitative estimate of drug-likeness (QED) is 0.264. The summed E-state index contributed by atoms with van der Waals surface area (Å²) in [6.45, 7) is 3.53. The van der Waals surface area contributed by atoms with E-state index in [1.54, 1.807) is 31.2 Å². The topological polar surface area (TPSA) is 117 Å². The summed E-state index contributed by atoms with van der Waals surface area (Å²) in [6.07, 6.45) is -1.70. The molecule has 2 amide bonds. The molecule has 6 rings (SSSR count). The molecule has 1 saturated heterocycles. The number of aromatic nitrogens is 1. The average molecular weight is 642 g/mol. The Morgan fingerprint density at radius 3 is 2.53 bits per heavy atom. The Kier molecular flexibility index (Phi) is 7.38. The maximum Gasteiger partial charge on any atom is 0.433 e. The zero-order valence-electron chi connectivity index (χ0n) is 24.3. The molecule has 45 heavy (non-hydrogen) atoms. The van der Waals surface area contributed by atoms with Gasteiger partial charge in [-0.1, -0.05) is 35.4 Å². The molecule has 3 aliphatic carbocycles. The van der Waals surface area contributed by atoms with E-state index in [1.807, 2.05) is 0 Å². The van der Waals surface area contributed by atoms with Gasteiger partial charge in [-0.3, -0.25) is 24.2 Å². The van der Waals surface area contributed by atoms with E-state index in [-0.39, 0.29) is 58.5 Å². The number of amides is 2. The number of para-hydroxylation sites is 1. The van der Waals surface area contributed by atoms with E-state index in [0.717, 1.165) is 16.1 Å². The lowest BCUT2D eigenvalue weighted by molar-refractivity contribution is -0.141. The molecule has 1 aromatic carbocycles. The molecule has 2 aromatic rings. The van der Waals surface area contributed by atoms with Gasteiger partial charge in [-0.05, 0) is 56.9 Å². The van der Waals surface area contributed by atoms with Gasteiger partial charge >= 0.3 is 6.18 Å². The highest BCUT2D eigenvalue weighted by molar-refractivity contribution is 6.33. The summed E-state index contributed by atoms with van der Waals surface area (Å²) in [6, 6.07) is 6.53. The van der Waals surface area contributed by atoms with Crippen LogP contribution in [0.3, 0.4) is 0 Å². The van der Waals surface area contributed by atoms with Crippen LogP contribution in [0, 0.1) is 17.8 Å². The van der Waals surface area contributed by atoms with Gasteiger partial charge in [-0.25, -0.2) is 4.98 Å². The van der Waals surface area contributed by atoms with Gasteiger partial charge < -0.3 is 9.84 Å². The third-order valence-electron chi connectivity index (χ3n) is 8.90. The monoisotopic (exact) mass is 641 g/mol. The van der Waals surface area contributed by atoms with Crippen molar-refractivity contribution >= 4 is 40.8 Å². The number of ether oxygens (including phenoxy) is 1. The Labute approximate surface area is 260 Å². The number of halogens is 4. The van der Waals surface area contributed by atoms with E-state index in [9.17, 15) is 37.5 Å². The number of carbonyl (C=O) groups is 4. The summed E-state index contributed by atoms with van der Waals surface area (Å²) in [7, 11) is 1.23. The van der Waals surface area contributed by atoms with Crippen molar-refractivity contribution in [2.75, 3.05) is 18.7 Å². The molecule has 1 fully saturated rings. The fraction of sp³-hybridized carbons (Fsp3) is 0.344. The van der Waals surface area contributed by atoms with E-state index >= 15 is 0 Å². The predicted molar refractivity (Wildman–Crippen MR) is 155 cm³/mol. The number of hydrogen-bond acceptors (Lipinski definition) is 8. The summed E-state index contributed by atoms with van der Waals surface area (Å²) < 4.78 is 45.9. The Balaban J connectivity index is 1.45. The van der Waals surface area contributed by atoms with Crippen molar-refractivity contribution in [1.29, 1.82) is 0 Å². The minimum atomic E-state index is -4.80. The molecule has 0 bridgehead atoms. The lowest BCUT2D eigenvalue weighted by Crippen LogP contribution is -2.46. The van der Waals surface area contributed by atoms with Gasteiger partial charge in [0, 0.05) is 35.2 Å². The molecule has 1 aromatic heterocycles. The Hall–Kier alpha value is -4.45. The molecule has 4 unspecified atom stereocenters. The number of anilines is 1. The van der Waals surface area contributed by atoms with Crippen LogP contribution in [0.1, 0.15) is 43.9 Å². The lowest BCUT2D eigenvalue weighted by atomic mass is 9.59. The first-order valence-corrected chi connectivity index (χ1v) is 14.6. The van der Waals surface area contributed by atoms with Gasteiger partial charge in [0.15, 0.2) is 28.9 Å². The van der Waals surface area contributed by atoms with E-state index in [0.29, 0.717) is 17.2 Å². The molecule has 4 aliphatic rings. The largest absolute Gasteiger partial charge is 0.504 e. The number of phenols is 1. The van der Waals surface area contributed by atoms with E-state index in [1.165, 1.54) is 20.0 Å². The van der Waals surface area contributed by atoms with Crippen LogP contribution in [0.5, 0.6) is 11.5 Å². The summed E-state index contributed by atoms with van der Waals surface area (Å²) >= 11 is 6.19. The van der Waals surface area contributed by atoms with Crippen LogP contribution in [-0.2, 0) is 25.4 Å². The number of pyridine rings is 1. The molecule has 0 radical (unpaired) electrons. The third-order valence-corrected chi connectivity index (χ3v) is 9.20. The number of ketones is 2. The van der Waals surface area contributed by atoms with Crippen molar-refractivity contribution in [3.8, 4) is 11.5 Å². The first kappa shape index (κ1) is 30.6. The van der Waals surface area contributed by atoms with Gasteiger partial charge in [-0.15, -0.1) is 0 Å². The first-order valence-electron chi connectivity index (χ1n) is 14.3. The number of hydrazine groups is 1. The molecule has 1 N–H and O–H groups in total. The normalized spacial score (nSPS) is 24.6. The SMILES string of the molecule is CCOc1cccc(C2C3=CCC4C(=O)N(N(C)c5nc(C(F)(F)F)ccc5Cl)C(=O)C4C3CC3=C2C(=O)C=C(C)C3=O)c1O. The maximum absolute atomic E-state index is 14.1. The Bertz CT molecular complexity index is 1780. The van der Waals surface area contributed by atoms with Gasteiger partial charge in [-0.2, -0.15) is 18.2 Å². The molecule has 9 nitrogen and oxygen atoms in total. The van der Waals surface area contributed by atoms with Crippen LogP contribution >= 0.6 is 11.6 Å². The van der Waals surface area contributed by atoms with Crippen molar-refractivity contribution in [3.63, 3.8) is 0 Å². The highest BCUT2D eigenvalue weighted by Crippen LogP contribution is 2.57. The number of aromatic hydroxyl groups is 1. The molecule has 4 atom stereocenters. The number of fused-ring (bicyclic) bond motifs is 3. The number of Topliss-reactive ketones (excluding diaryl/α,β-unsaturated/α-hetero) is 1. The number of carbonyl (C=O) groups excluding carboxylic acids is 4. The summed E-state index contributed by atoms with van der Waals surface area (Å²) in [5, 5.41) is 12.7. The zero-order valence-corrected chi connectivity index (χ0v) is 25.1. The maximum atomic E-state index is 14.1. The Morgan fingerprint density at radius 1 is 1.11 bits per heavy atom. The number of benzene rings is 1. The number of phenolic OH excluding ortho intramolecular Hbond substituents is 1. The van der Waals surface area contributed by atoms with Crippen LogP contribution in [0.15, 0.2) is 64.8 Å². The van der Waals surface area contributed by atoms with Crippen LogP contribution < -0.4 is 9.75 Å². The van der Waals surface area contributed by atoms with E-state index in [2.05, 4.69) is 4.98 Å². The summed E-state index contributed by atoms with van der Waals surface area (Å²) in [5.41, 5.74) is 0.272. The molecular formula is C32H27ClF3N3O6. The van der Waals surface area contributed by atoms with E-state index < -0.39 is 59.0 Å². The second-order valence-electron chi connectivity index (χ2n) is 11.4. The number of rotatable bonds is 5. The molecule has 0 spiro atoms. The number of allylic oxidation sites excluding steroid dienone is 6. The molecule has 0 saturated carbocycles. The van der Waals surface area contributed by atoms with Crippen molar-refractivity contribution in [2.45, 2.75) is 38.8 Å². The molecule has 1 aliphatic heterocycles. The van der Waals surface area contributed by atoms with Gasteiger partial charge in [0.25, 0.3) is 11.8 Å². The number of imide groups is 1. The Morgan fingerprint density at radius 2 is 1.84 bits per heavy atom. The molecular weight excluding hydrogens is 615 g/mol. The number of alkyl halides is 3. The molecule has 13 heteroatoms. The predicted octanol–water partition coefficient (Wildman–Crippen LogP) is 5.34. The smallest absolute Gasteiger partial charge is 0.433 e. The van der Waals surface area contributed by atoms with Crippen molar-refractivity contribution in [2.24, 2.45) is 17.8 Å². The van der Waals surface area contributed by atoms with E-state index in [4.69, 9.17) is 16.3 Å².